The van der Waals surface area contributed by atoms with Crippen molar-refractivity contribution in [3.05, 3.63) is 35.5 Å². The van der Waals surface area contributed by atoms with E-state index in [0.29, 0.717) is 37.0 Å². The highest BCUT2D eigenvalue weighted by molar-refractivity contribution is 5.80. The van der Waals surface area contributed by atoms with E-state index in [9.17, 15) is 20.1 Å². The molecule has 0 aromatic carbocycles. The van der Waals surface area contributed by atoms with Crippen molar-refractivity contribution in [1.82, 2.24) is 0 Å². The van der Waals surface area contributed by atoms with E-state index < -0.39 is 23.8 Å². The van der Waals surface area contributed by atoms with Gasteiger partial charge in [-0.1, -0.05) is 38.2 Å². The Morgan fingerprint density at radius 3 is 2.59 bits per heavy atom. The van der Waals surface area contributed by atoms with Gasteiger partial charge < -0.3 is 20.1 Å². The van der Waals surface area contributed by atoms with Crippen LogP contribution < -0.4 is 0 Å². The van der Waals surface area contributed by atoms with Crippen molar-refractivity contribution in [2.45, 2.75) is 102 Å². The molecule has 4 rings (SSSR count). The van der Waals surface area contributed by atoms with Crippen LogP contribution in [0.15, 0.2) is 35.5 Å². The molecule has 0 spiro atoms. The maximum Gasteiger partial charge on any atom is 0.338 e. The fraction of sp³-hybridized carbons (Fsp3) is 0.741. The lowest BCUT2D eigenvalue weighted by Gasteiger charge is -2.44. The molecule has 0 aromatic heterocycles. The number of cyclic esters (lactones) is 1. The van der Waals surface area contributed by atoms with Crippen LogP contribution in [-0.4, -0.2) is 45.2 Å². The number of rotatable bonds is 4. The van der Waals surface area contributed by atoms with Crippen molar-refractivity contribution < 1.29 is 24.9 Å². The number of carbonyl (C=O) groups excluding carboxylic acids is 1. The minimum absolute atomic E-state index is 0.183. The summed E-state index contributed by atoms with van der Waals surface area (Å²) in [6.07, 6.45) is 10.8. The van der Waals surface area contributed by atoms with Crippen LogP contribution >= 0.6 is 0 Å². The Kier molecular flexibility index (Phi) is 6.47. The molecule has 3 N–H and O–H groups in total. The van der Waals surface area contributed by atoms with E-state index in [1.54, 1.807) is 6.92 Å². The molecule has 3 saturated carbocycles. The smallest absolute Gasteiger partial charge is 0.338 e. The number of allylic oxidation sites excluding steroid dienone is 3. The normalized spacial score (nSPS) is 45.9. The van der Waals surface area contributed by atoms with Gasteiger partial charge in [-0.2, -0.15) is 0 Å². The third-order valence-electron chi connectivity index (χ3n) is 8.98. The molecule has 32 heavy (non-hydrogen) atoms. The Hall–Kier alpha value is -1.43. The number of ether oxygens (including phenoxy) is 1. The first-order valence-electron chi connectivity index (χ1n) is 12.4. The molecule has 0 aromatic rings. The second kappa shape index (κ2) is 8.73. The molecule has 4 unspecified atom stereocenters. The van der Waals surface area contributed by atoms with Gasteiger partial charge in [-0.25, -0.2) is 4.79 Å². The average Bonchev–Trinajstić information content (AvgIpc) is 3.18. The van der Waals surface area contributed by atoms with Crippen molar-refractivity contribution in [3.63, 3.8) is 0 Å². The fourth-order valence-corrected chi connectivity index (χ4v) is 7.19. The highest BCUT2D eigenvalue weighted by atomic mass is 16.6. The summed E-state index contributed by atoms with van der Waals surface area (Å²) in [5, 5.41) is 30.1. The van der Waals surface area contributed by atoms with Crippen molar-refractivity contribution >= 4 is 5.97 Å². The van der Waals surface area contributed by atoms with Crippen LogP contribution in [0.2, 0.25) is 0 Å². The standard InChI is InChI=1S/C27H40O5/c1-16-13-23(28)24(29)14-19(16)8-7-18-6-5-11-26(3)21(9-10-22(18)26)17(2)12-20-15-27(4,31)25(30)32-20/h7-8,17,20-24,28-29,31H,1,5-6,9-15H2,2-4H3/b18-7?,19-8-/t17-,20?,21-,22?,23?,24-,26-,27?/m1/s1. The molecule has 1 heterocycles. The van der Waals surface area contributed by atoms with Crippen LogP contribution in [0.3, 0.4) is 0 Å². The average molecular weight is 445 g/mol. The summed E-state index contributed by atoms with van der Waals surface area (Å²) in [5.74, 6) is 1.09. The Balaban J connectivity index is 1.46. The van der Waals surface area contributed by atoms with Crippen molar-refractivity contribution in [1.29, 1.82) is 0 Å². The van der Waals surface area contributed by atoms with Gasteiger partial charge in [-0.15, -0.1) is 0 Å². The van der Waals surface area contributed by atoms with Crippen LogP contribution in [0.4, 0.5) is 0 Å². The first-order chi connectivity index (χ1) is 15.0. The molecule has 5 nitrogen and oxygen atoms in total. The first kappa shape index (κ1) is 23.7. The van der Waals surface area contributed by atoms with Crippen molar-refractivity contribution in [3.8, 4) is 0 Å². The van der Waals surface area contributed by atoms with Gasteiger partial charge in [0.1, 0.15) is 6.10 Å². The molecule has 8 atom stereocenters. The minimum atomic E-state index is -1.34. The van der Waals surface area contributed by atoms with Crippen molar-refractivity contribution in [2.75, 3.05) is 0 Å². The van der Waals surface area contributed by atoms with Crippen LogP contribution in [-0.2, 0) is 9.53 Å². The predicted molar refractivity (Wildman–Crippen MR) is 124 cm³/mol. The highest BCUT2D eigenvalue weighted by Crippen LogP contribution is 2.60. The molecule has 5 heteroatoms. The summed E-state index contributed by atoms with van der Waals surface area (Å²) in [4.78, 5) is 11.9. The predicted octanol–water partition coefficient (Wildman–Crippen LogP) is 4.22. The van der Waals surface area contributed by atoms with Crippen molar-refractivity contribution in [2.24, 2.45) is 23.2 Å². The topological polar surface area (TPSA) is 87.0 Å². The quantitative estimate of drug-likeness (QED) is 0.565. The third kappa shape index (κ3) is 4.36. The lowest BCUT2D eigenvalue weighted by atomic mass is 9.60. The number of esters is 1. The van der Waals surface area contributed by atoms with Gasteiger partial charge in [0, 0.05) is 19.3 Å². The molecule has 4 aliphatic rings. The maximum absolute atomic E-state index is 11.9. The Bertz CT molecular complexity index is 824. The number of hydrogen-bond donors (Lipinski definition) is 3. The van der Waals surface area contributed by atoms with E-state index in [1.807, 2.05) is 0 Å². The summed E-state index contributed by atoms with van der Waals surface area (Å²) in [5.41, 5.74) is 2.39. The van der Waals surface area contributed by atoms with Crippen LogP contribution in [0.1, 0.15) is 78.6 Å². The van der Waals surface area contributed by atoms with Crippen LogP contribution in [0.5, 0.6) is 0 Å². The zero-order valence-corrected chi connectivity index (χ0v) is 19.8. The van der Waals surface area contributed by atoms with Crippen LogP contribution in [0, 0.1) is 23.2 Å². The number of carbonyl (C=O) groups is 1. The SMILES string of the molecule is C=C1CC(O)[C@H](O)C/C1=C/C=C1CCC[C@@]2(C)C1CC[C@@H]2[C@H](C)CC1CC(C)(O)C(=O)O1. The molecule has 1 aliphatic heterocycles. The van der Waals surface area contributed by atoms with Gasteiger partial charge in [0.15, 0.2) is 5.60 Å². The molecule has 0 radical (unpaired) electrons. The number of aliphatic hydroxyl groups is 3. The minimum Gasteiger partial charge on any atom is -0.460 e. The number of aliphatic hydroxyl groups excluding tert-OH is 2. The molecular formula is C27H40O5. The molecule has 0 amide bonds. The highest BCUT2D eigenvalue weighted by Gasteiger charge is 2.52. The summed E-state index contributed by atoms with van der Waals surface area (Å²) >= 11 is 0. The third-order valence-corrected chi connectivity index (χ3v) is 8.98. The fourth-order valence-electron chi connectivity index (χ4n) is 7.19. The summed E-state index contributed by atoms with van der Waals surface area (Å²) in [6.45, 7) is 10.4. The summed E-state index contributed by atoms with van der Waals surface area (Å²) in [7, 11) is 0. The second-order valence-electron chi connectivity index (χ2n) is 11.4. The lowest BCUT2D eigenvalue weighted by Crippen LogP contribution is -2.36. The van der Waals surface area contributed by atoms with E-state index in [-0.39, 0.29) is 11.5 Å². The molecule has 178 valence electrons. The lowest BCUT2D eigenvalue weighted by molar-refractivity contribution is -0.154. The Morgan fingerprint density at radius 2 is 1.91 bits per heavy atom. The van der Waals surface area contributed by atoms with Gasteiger partial charge in [-0.05, 0) is 79.8 Å². The first-order valence-corrected chi connectivity index (χ1v) is 12.4. The van der Waals surface area contributed by atoms with Gasteiger partial charge >= 0.3 is 5.97 Å². The maximum atomic E-state index is 11.9. The molecule has 4 fully saturated rings. The molecular weight excluding hydrogens is 404 g/mol. The largest absolute Gasteiger partial charge is 0.460 e. The van der Waals surface area contributed by atoms with Gasteiger partial charge in [0.25, 0.3) is 0 Å². The summed E-state index contributed by atoms with van der Waals surface area (Å²) < 4.78 is 5.47. The van der Waals surface area contributed by atoms with E-state index >= 15 is 0 Å². The Morgan fingerprint density at radius 1 is 1.19 bits per heavy atom. The monoisotopic (exact) mass is 444 g/mol. The molecule has 3 aliphatic carbocycles. The van der Waals surface area contributed by atoms with E-state index in [0.717, 1.165) is 24.0 Å². The van der Waals surface area contributed by atoms with E-state index in [2.05, 4.69) is 32.6 Å². The second-order valence-corrected chi connectivity index (χ2v) is 11.4. The molecule has 0 bridgehead atoms. The molecule has 1 saturated heterocycles. The summed E-state index contributed by atoms with van der Waals surface area (Å²) in [6, 6.07) is 0. The zero-order valence-electron chi connectivity index (χ0n) is 19.8. The Labute approximate surface area is 192 Å². The van der Waals surface area contributed by atoms with E-state index in [4.69, 9.17) is 4.74 Å². The van der Waals surface area contributed by atoms with Crippen LogP contribution in [0.25, 0.3) is 0 Å². The number of hydrogen-bond acceptors (Lipinski definition) is 5. The zero-order chi connectivity index (χ0) is 23.3. The number of fused-ring (bicyclic) bond motifs is 1. The van der Waals surface area contributed by atoms with E-state index in [1.165, 1.54) is 31.3 Å². The van der Waals surface area contributed by atoms with Gasteiger partial charge in [0.05, 0.1) is 12.2 Å². The van der Waals surface area contributed by atoms with Gasteiger partial charge in [-0.3, -0.25) is 0 Å². The van der Waals surface area contributed by atoms with Gasteiger partial charge in [0.2, 0.25) is 0 Å².